The highest BCUT2D eigenvalue weighted by molar-refractivity contribution is 5.57. The van der Waals surface area contributed by atoms with E-state index in [1.807, 2.05) is 0 Å². The molecule has 1 N–H and O–H groups in total. The Labute approximate surface area is 84.6 Å². The van der Waals surface area contributed by atoms with Crippen molar-refractivity contribution in [3.63, 3.8) is 0 Å². The smallest absolute Gasteiger partial charge is 0.387 e. The molecule has 1 rings (SSSR count). The maximum absolute atomic E-state index is 12.7. The lowest BCUT2D eigenvalue weighted by molar-refractivity contribution is -0.0501. The number of benzene rings is 1. The van der Waals surface area contributed by atoms with Crippen LogP contribution in [0.4, 0.5) is 13.2 Å². The second-order valence-corrected chi connectivity index (χ2v) is 2.65. The van der Waals surface area contributed by atoms with Crippen LogP contribution in [-0.2, 0) is 0 Å². The fourth-order valence-electron chi connectivity index (χ4n) is 1.02. The van der Waals surface area contributed by atoms with Crippen LogP contribution < -0.4 is 4.74 Å². The van der Waals surface area contributed by atoms with Gasteiger partial charge in [0.05, 0.1) is 6.61 Å². The van der Waals surface area contributed by atoms with E-state index in [0.29, 0.717) is 0 Å². The first-order valence-corrected chi connectivity index (χ1v) is 4.15. The van der Waals surface area contributed by atoms with Gasteiger partial charge in [-0.1, -0.05) is 12.2 Å². The summed E-state index contributed by atoms with van der Waals surface area (Å²) in [5, 5.41) is 8.51. The summed E-state index contributed by atoms with van der Waals surface area (Å²) >= 11 is 0. The highest BCUT2D eigenvalue weighted by Crippen LogP contribution is 2.23. The van der Waals surface area contributed by atoms with Crippen LogP contribution in [0.25, 0.3) is 6.08 Å². The summed E-state index contributed by atoms with van der Waals surface area (Å²) in [6, 6.07) is 3.28. The van der Waals surface area contributed by atoms with E-state index in [0.717, 1.165) is 12.1 Å². The van der Waals surface area contributed by atoms with Gasteiger partial charge in [0.15, 0.2) is 0 Å². The van der Waals surface area contributed by atoms with Crippen LogP contribution in [0.1, 0.15) is 5.56 Å². The molecule has 1 aromatic rings. The quantitative estimate of drug-likeness (QED) is 0.841. The van der Waals surface area contributed by atoms with Gasteiger partial charge in [0.1, 0.15) is 11.6 Å². The van der Waals surface area contributed by atoms with Gasteiger partial charge in [-0.2, -0.15) is 8.78 Å². The average molecular weight is 218 g/mol. The minimum absolute atomic E-state index is 0.231. The summed E-state index contributed by atoms with van der Waals surface area (Å²) in [6.45, 7) is -3.24. The molecule has 82 valence electrons. The van der Waals surface area contributed by atoms with E-state index in [9.17, 15) is 13.2 Å². The fourth-order valence-corrected chi connectivity index (χ4v) is 1.02. The summed E-state index contributed by atoms with van der Waals surface area (Å²) in [5.74, 6) is -0.915. The molecule has 0 bridgehead atoms. The molecule has 0 spiro atoms. The molecule has 5 heteroatoms. The van der Waals surface area contributed by atoms with Gasteiger partial charge in [-0.05, 0) is 12.1 Å². The van der Waals surface area contributed by atoms with E-state index in [1.54, 1.807) is 0 Å². The largest absolute Gasteiger partial charge is 0.434 e. The fraction of sp³-hybridized carbons (Fsp3) is 0.200. The lowest BCUT2D eigenvalue weighted by atomic mass is 10.2. The molecule has 0 aliphatic rings. The van der Waals surface area contributed by atoms with E-state index in [4.69, 9.17) is 5.11 Å². The molecule has 15 heavy (non-hydrogen) atoms. The van der Waals surface area contributed by atoms with Crippen molar-refractivity contribution in [1.82, 2.24) is 0 Å². The van der Waals surface area contributed by atoms with Gasteiger partial charge >= 0.3 is 6.61 Å². The van der Waals surface area contributed by atoms with Crippen LogP contribution >= 0.6 is 0 Å². The first-order valence-electron chi connectivity index (χ1n) is 4.15. The molecule has 0 saturated heterocycles. The Bertz CT molecular complexity index is 351. The number of alkyl halides is 2. The highest BCUT2D eigenvalue weighted by atomic mass is 19.3. The van der Waals surface area contributed by atoms with Crippen molar-refractivity contribution in [3.8, 4) is 5.75 Å². The number of hydrogen-bond donors (Lipinski definition) is 1. The van der Waals surface area contributed by atoms with E-state index in [-0.39, 0.29) is 17.9 Å². The molecule has 0 aliphatic carbocycles. The Kier molecular flexibility index (Phi) is 4.17. The third kappa shape index (κ3) is 3.63. The zero-order chi connectivity index (χ0) is 11.3. The number of hydrogen-bond acceptors (Lipinski definition) is 2. The second-order valence-electron chi connectivity index (χ2n) is 2.65. The lowest BCUT2D eigenvalue weighted by Gasteiger charge is -2.07. The first-order chi connectivity index (χ1) is 7.13. The molecule has 0 heterocycles. The second kappa shape index (κ2) is 5.41. The molecular weight excluding hydrogens is 209 g/mol. The van der Waals surface area contributed by atoms with Crippen molar-refractivity contribution in [2.24, 2.45) is 0 Å². The van der Waals surface area contributed by atoms with Gasteiger partial charge < -0.3 is 9.84 Å². The summed E-state index contributed by atoms with van der Waals surface area (Å²) in [6.07, 6.45) is 2.71. The zero-order valence-corrected chi connectivity index (χ0v) is 7.66. The molecule has 0 aliphatic heterocycles. The van der Waals surface area contributed by atoms with Gasteiger partial charge in [0.25, 0.3) is 0 Å². The maximum atomic E-state index is 12.7. The summed E-state index contributed by atoms with van der Waals surface area (Å²) in [5.41, 5.74) is 0.283. The minimum atomic E-state index is -3.01. The molecule has 2 nitrogen and oxygen atoms in total. The van der Waals surface area contributed by atoms with Gasteiger partial charge in [-0.3, -0.25) is 0 Å². The van der Waals surface area contributed by atoms with Crippen molar-refractivity contribution in [2.45, 2.75) is 6.61 Å². The Balaban J connectivity index is 2.97. The number of ether oxygens (including phenoxy) is 1. The Morgan fingerprint density at radius 1 is 1.40 bits per heavy atom. The lowest BCUT2D eigenvalue weighted by Crippen LogP contribution is -2.03. The van der Waals surface area contributed by atoms with Gasteiger partial charge in [0.2, 0.25) is 0 Å². The Morgan fingerprint density at radius 2 is 2.13 bits per heavy atom. The van der Waals surface area contributed by atoms with Crippen LogP contribution in [-0.4, -0.2) is 18.3 Å². The average Bonchev–Trinajstić information content (AvgIpc) is 2.16. The van der Waals surface area contributed by atoms with Crippen molar-refractivity contribution in [3.05, 3.63) is 35.7 Å². The normalized spacial score (nSPS) is 11.3. The summed E-state index contributed by atoms with van der Waals surface area (Å²) in [7, 11) is 0. The van der Waals surface area contributed by atoms with E-state index in [1.165, 1.54) is 18.2 Å². The molecule has 0 fully saturated rings. The van der Waals surface area contributed by atoms with E-state index in [2.05, 4.69) is 4.74 Å². The summed E-state index contributed by atoms with van der Waals surface area (Å²) < 4.78 is 40.7. The van der Waals surface area contributed by atoms with Crippen LogP contribution in [0, 0.1) is 5.82 Å². The molecule has 0 atom stereocenters. The predicted octanol–water partition coefficient (Wildman–Crippen LogP) is 2.43. The van der Waals surface area contributed by atoms with Gasteiger partial charge in [-0.15, -0.1) is 0 Å². The number of aliphatic hydroxyl groups excluding tert-OH is 1. The monoisotopic (exact) mass is 218 g/mol. The van der Waals surface area contributed by atoms with Gasteiger partial charge in [0, 0.05) is 11.6 Å². The van der Waals surface area contributed by atoms with Crippen LogP contribution in [0.3, 0.4) is 0 Å². The van der Waals surface area contributed by atoms with Crippen LogP contribution in [0.15, 0.2) is 24.3 Å². The summed E-state index contributed by atoms with van der Waals surface area (Å²) in [4.78, 5) is 0. The van der Waals surface area contributed by atoms with Crippen molar-refractivity contribution >= 4 is 6.08 Å². The standard InChI is InChI=1S/C10H9F3O2/c11-8-4-3-7(2-1-5-14)9(6-8)15-10(12)13/h1-4,6,10,14H,5H2. The third-order valence-electron chi connectivity index (χ3n) is 1.59. The topological polar surface area (TPSA) is 29.5 Å². The maximum Gasteiger partial charge on any atom is 0.387 e. The number of aliphatic hydroxyl groups is 1. The molecule has 0 amide bonds. The molecule has 0 unspecified atom stereocenters. The number of halogens is 3. The van der Waals surface area contributed by atoms with E-state index >= 15 is 0 Å². The van der Waals surface area contributed by atoms with Crippen LogP contribution in [0.2, 0.25) is 0 Å². The molecule has 0 saturated carbocycles. The Morgan fingerprint density at radius 3 is 2.73 bits per heavy atom. The van der Waals surface area contributed by atoms with Gasteiger partial charge in [-0.25, -0.2) is 4.39 Å². The molecule has 0 radical (unpaired) electrons. The predicted molar refractivity (Wildman–Crippen MR) is 49.2 cm³/mol. The van der Waals surface area contributed by atoms with Crippen molar-refractivity contribution in [1.29, 1.82) is 0 Å². The first kappa shape index (κ1) is 11.6. The Hall–Kier alpha value is -1.49. The molecule has 1 aromatic carbocycles. The molecule has 0 aromatic heterocycles. The van der Waals surface area contributed by atoms with E-state index < -0.39 is 12.4 Å². The number of rotatable bonds is 4. The van der Waals surface area contributed by atoms with Crippen molar-refractivity contribution < 1.29 is 23.0 Å². The highest BCUT2D eigenvalue weighted by Gasteiger charge is 2.08. The SMILES string of the molecule is OCC=Cc1ccc(F)cc1OC(F)F. The molecular formula is C10H9F3O2. The minimum Gasteiger partial charge on any atom is -0.434 e. The van der Waals surface area contributed by atoms with Crippen molar-refractivity contribution in [2.75, 3.05) is 6.61 Å². The third-order valence-corrected chi connectivity index (χ3v) is 1.59. The zero-order valence-electron chi connectivity index (χ0n) is 7.66. The van der Waals surface area contributed by atoms with Crippen LogP contribution in [0.5, 0.6) is 5.75 Å².